The van der Waals surface area contributed by atoms with E-state index in [0.29, 0.717) is 31.8 Å². The molecule has 20 heavy (non-hydrogen) atoms. The van der Waals surface area contributed by atoms with Gasteiger partial charge in [0.2, 0.25) is 0 Å². The third kappa shape index (κ3) is 6.08. The van der Waals surface area contributed by atoms with Crippen molar-refractivity contribution < 1.29 is 22.7 Å². The summed E-state index contributed by atoms with van der Waals surface area (Å²) in [5, 5.41) is 0. The molecule has 1 aromatic carbocycles. The summed E-state index contributed by atoms with van der Waals surface area (Å²) >= 11 is 0. The van der Waals surface area contributed by atoms with Crippen LogP contribution in [-0.2, 0) is 18.6 Å². The Hall–Kier alpha value is -1.53. The Morgan fingerprint density at radius 3 is 2.35 bits per heavy atom. The summed E-state index contributed by atoms with van der Waals surface area (Å²) in [6.45, 7) is 4.05. The molecule has 0 amide bonds. The molecule has 0 saturated carbocycles. The fourth-order valence-electron chi connectivity index (χ4n) is 1.32. The minimum absolute atomic E-state index is 0.0304. The van der Waals surface area contributed by atoms with Crippen molar-refractivity contribution in [3.05, 3.63) is 36.9 Å². The number of ether oxygens (including phenoxy) is 2. The summed E-state index contributed by atoms with van der Waals surface area (Å²) in [6.07, 6.45) is 2.50. The molecule has 0 spiro atoms. The Labute approximate surface area is 122 Å². The zero-order valence-electron chi connectivity index (χ0n) is 10.7. The second kappa shape index (κ2) is 7.91. The predicted molar refractivity (Wildman–Crippen MR) is 75.4 cm³/mol. The van der Waals surface area contributed by atoms with Crippen LogP contribution in [0, 0.1) is 0 Å². The highest BCUT2D eigenvalue weighted by Gasteiger charge is 2.09. The van der Waals surface area contributed by atoms with Crippen LogP contribution >= 0.6 is 10.7 Å². The van der Waals surface area contributed by atoms with Crippen molar-refractivity contribution in [3.63, 3.8) is 0 Å². The topological polar surface area (TPSA) is 69.7 Å². The van der Waals surface area contributed by atoms with Crippen molar-refractivity contribution in [2.45, 2.75) is 17.7 Å². The molecule has 0 fully saturated rings. The van der Waals surface area contributed by atoms with Gasteiger partial charge in [0, 0.05) is 16.8 Å². The highest BCUT2D eigenvalue weighted by molar-refractivity contribution is 8.13. The first-order valence-electron chi connectivity index (χ1n) is 5.90. The first-order chi connectivity index (χ1) is 9.43. The number of unbranched alkanes of at least 4 members (excludes halogenated alkanes) is 1. The number of hydrogen-bond donors (Lipinski definition) is 0. The normalized spacial score (nSPS) is 10.8. The third-order valence-electron chi connectivity index (χ3n) is 2.32. The van der Waals surface area contributed by atoms with Gasteiger partial charge in [-0.25, -0.2) is 13.2 Å². The average Bonchev–Trinajstić information content (AvgIpc) is 2.41. The molecule has 0 aliphatic heterocycles. The van der Waals surface area contributed by atoms with Crippen molar-refractivity contribution in [2.75, 3.05) is 13.2 Å². The minimum Gasteiger partial charge on any atom is -0.494 e. The molecule has 110 valence electrons. The van der Waals surface area contributed by atoms with E-state index in [2.05, 4.69) is 6.58 Å². The van der Waals surface area contributed by atoms with Crippen LogP contribution in [0.4, 0.5) is 0 Å². The van der Waals surface area contributed by atoms with E-state index in [1.807, 2.05) is 0 Å². The van der Waals surface area contributed by atoms with Gasteiger partial charge in [0.25, 0.3) is 9.05 Å². The summed E-state index contributed by atoms with van der Waals surface area (Å²) in [4.78, 5) is 10.8. The molecule has 0 aromatic heterocycles. The first kappa shape index (κ1) is 16.5. The summed E-state index contributed by atoms with van der Waals surface area (Å²) < 4.78 is 32.3. The molecule has 0 N–H and O–H groups in total. The van der Waals surface area contributed by atoms with Crippen LogP contribution in [0.3, 0.4) is 0 Å². The van der Waals surface area contributed by atoms with Gasteiger partial charge in [0.05, 0.1) is 18.1 Å². The van der Waals surface area contributed by atoms with Gasteiger partial charge in [-0.1, -0.05) is 6.58 Å². The smallest absolute Gasteiger partial charge is 0.330 e. The molecule has 0 aliphatic carbocycles. The number of benzene rings is 1. The monoisotopic (exact) mass is 318 g/mol. The van der Waals surface area contributed by atoms with Gasteiger partial charge in [-0.2, -0.15) is 0 Å². The van der Waals surface area contributed by atoms with E-state index in [1.54, 1.807) is 0 Å². The molecule has 0 heterocycles. The zero-order chi connectivity index (χ0) is 15.0. The summed E-state index contributed by atoms with van der Waals surface area (Å²) in [5.74, 6) is 0.112. The number of carbonyl (C=O) groups excluding carboxylic acids is 1. The van der Waals surface area contributed by atoms with Crippen LogP contribution in [-0.4, -0.2) is 27.6 Å². The molecule has 1 rings (SSSR count). The van der Waals surface area contributed by atoms with Gasteiger partial charge in [0.1, 0.15) is 5.75 Å². The number of rotatable bonds is 8. The highest BCUT2D eigenvalue weighted by Crippen LogP contribution is 2.19. The Kier molecular flexibility index (Phi) is 6.54. The zero-order valence-corrected chi connectivity index (χ0v) is 12.3. The Morgan fingerprint density at radius 2 is 1.80 bits per heavy atom. The average molecular weight is 319 g/mol. The van der Waals surface area contributed by atoms with Crippen LogP contribution in [0.5, 0.6) is 5.75 Å². The maximum atomic E-state index is 11.0. The van der Waals surface area contributed by atoms with Crippen LogP contribution in [0.1, 0.15) is 12.8 Å². The van der Waals surface area contributed by atoms with Crippen molar-refractivity contribution in [1.29, 1.82) is 0 Å². The van der Waals surface area contributed by atoms with Crippen LogP contribution in [0.15, 0.2) is 41.8 Å². The van der Waals surface area contributed by atoms with Crippen molar-refractivity contribution in [2.24, 2.45) is 0 Å². The predicted octanol–water partition coefficient (Wildman–Crippen LogP) is 2.50. The van der Waals surface area contributed by atoms with Crippen molar-refractivity contribution in [3.8, 4) is 5.75 Å². The lowest BCUT2D eigenvalue weighted by atomic mass is 10.3. The Balaban J connectivity index is 2.26. The standard InChI is InChI=1S/C13H15ClO5S/c1-2-13(15)19-10-4-3-9-18-11-5-7-12(8-6-11)20(14,16)17/h2,5-8H,1,3-4,9-10H2. The third-order valence-corrected chi connectivity index (χ3v) is 3.69. The van der Waals surface area contributed by atoms with E-state index in [9.17, 15) is 13.2 Å². The van der Waals surface area contributed by atoms with E-state index < -0.39 is 15.0 Å². The molecule has 0 unspecified atom stereocenters. The molecule has 0 radical (unpaired) electrons. The summed E-state index contributed by atoms with van der Waals surface area (Å²) in [7, 11) is 1.49. The van der Waals surface area contributed by atoms with E-state index >= 15 is 0 Å². The van der Waals surface area contributed by atoms with E-state index in [0.717, 1.165) is 6.08 Å². The van der Waals surface area contributed by atoms with Gasteiger partial charge < -0.3 is 9.47 Å². The van der Waals surface area contributed by atoms with E-state index in [1.165, 1.54) is 24.3 Å². The molecular formula is C13H15ClO5S. The molecule has 0 saturated heterocycles. The Morgan fingerprint density at radius 1 is 1.20 bits per heavy atom. The lowest BCUT2D eigenvalue weighted by molar-refractivity contribution is -0.137. The van der Waals surface area contributed by atoms with Gasteiger partial charge in [0.15, 0.2) is 0 Å². The lowest BCUT2D eigenvalue weighted by Crippen LogP contribution is -2.04. The second-order valence-corrected chi connectivity index (χ2v) is 6.40. The molecule has 1 aromatic rings. The van der Waals surface area contributed by atoms with Gasteiger partial charge >= 0.3 is 5.97 Å². The summed E-state index contributed by atoms with van der Waals surface area (Å²) in [5.41, 5.74) is 0. The molecule has 7 heteroatoms. The van der Waals surface area contributed by atoms with Crippen molar-refractivity contribution in [1.82, 2.24) is 0 Å². The van der Waals surface area contributed by atoms with E-state index in [-0.39, 0.29) is 4.90 Å². The fourth-order valence-corrected chi connectivity index (χ4v) is 2.09. The number of carbonyl (C=O) groups is 1. The summed E-state index contributed by atoms with van der Waals surface area (Å²) in [6, 6.07) is 5.83. The quantitative estimate of drug-likeness (QED) is 0.319. The lowest BCUT2D eigenvalue weighted by Gasteiger charge is -2.06. The fraction of sp³-hybridized carbons (Fsp3) is 0.308. The molecular weight excluding hydrogens is 304 g/mol. The maximum absolute atomic E-state index is 11.0. The SMILES string of the molecule is C=CC(=O)OCCCCOc1ccc(S(=O)(=O)Cl)cc1. The molecule has 0 aliphatic rings. The van der Waals surface area contributed by atoms with Crippen LogP contribution < -0.4 is 4.74 Å². The van der Waals surface area contributed by atoms with Crippen LogP contribution in [0.2, 0.25) is 0 Å². The number of esters is 1. The highest BCUT2D eigenvalue weighted by atomic mass is 35.7. The largest absolute Gasteiger partial charge is 0.494 e. The van der Waals surface area contributed by atoms with Gasteiger partial charge in [-0.05, 0) is 37.1 Å². The molecule has 5 nitrogen and oxygen atoms in total. The van der Waals surface area contributed by atoms with Gasteiger partial charge in [-0.3, -0.25) is 0 Å². The minimum atomic E-state index is -3.70. The number of halogens is 1. The van der Waals surface area contributed by atoms with E-state index in [4.69, 9.17) is 20.2 Å². The van der Waals surface area contributed by atoms with Crippen molar-refractivity contribution >= 4 is 25.7 Å². The molecule has 0 atom stereocenters. The second-order valence-electron chi connectivity index (χ2n) is 3.84. The van der Waals surface area contributed by atoms with Gasteiger partial charge in [-0.15, -0.1) is 0 Å². The number of hydrogen-bond acceptors (Lipinski definition) is 5. The Bertz CT molecular complexity index is 551. The molecule has 0 bridgehead atoms. The first-order valence-corrected chi connectivity index (χ1v) is 8.21. The maximum Gasteiger partial charge on any atom is 0.330 e. The van der Waals surface area contributed by atoms with Crippen LogP contribution in [0.25, 0.3) is 0 Å².